The van der Waals surface area contributed by atoms with Crippen LogP contribution in [-0.2, 0) is 6.42 Å². The smallest absolute Gasteiger partial charge is 0.311 e. The van der Waals surface area contributed by atoms with E-state index < -0.39 is 10.5 Å². The molecule has 1 saturated carbocycles. The molecule has 6 nitrogen and oxygen atoms in total. The molecule has 1 aliphatic carbocycles. The second-order valence-electron chi connectivity index (χ2n) is 5.56. The fourth-order valence-electron chi connectivity index (χ4n) is 2.05. The lowest BCUT2D eigenvalue weighted by Crippen LogP contribution is -2.47. The van der Waals surface area contributed by atoms with Crippen molar-refractivity contribution in [2.75, 3.05) is 6.61 Å². The molecule has 0 bridgehead atoms. The molecule has 0 heterocycles. The molecule has 1 unspecified atom stereocenters. The molecular formula is C15H19N3O3. The molecular weight excluding hydrogens is 270 g/mol. The first-order valence-electron chi connectivity index (χ1n) is 7.06. The van der Waals surface area contributed by atoms with E-state index in [2.05, 4.69) is 11.4 Å². The molecule has 0 amide bonds. The second-order valence-corrected chi connectivity index (χ2v) is 5.56. The van der Waals surface area contributed by atoms with Crippen molar-refractivity contribution in [3.8, 4) is 11.8 Å². The van der Waals surface area contributed by atoms with Crippen LogP contribution in [0.5, 0.6) is 5.75 Å². The predicted molar refractivity (Wildman–Crippen MR) is 78.1 cm³/mol. The van der Waals surface area contributed by atoms with Gasteiger partial charge in [0.25, 0.3) is 0 Å². The quantitative estimate of drug-likeness (QED) is 0.615. The van der Waals surface area contributed by atoms with Crippen LogP contribution in [0.2, 0.25) is 0 Å². The Hall–Kier alpha value is -2.13. The van der Waals surface area contributed by atoms with Gasteiger partial charge in [-0.05, 0) is 37.8 Å². The number of ether oxygens (including phenoxy) is 1. The summed E-state index contributed by atoms with van der Waals surface area (Å²) in [5.74, 6) is 0.205. The van der Waals surface area contributed by atoms with E-state index in [1.807, 2.05) is 6.92 Å². The molecule has 1 N–H and O–H groups in total. The van der Waals surface area contributed by atoms with Gasteiger partial charge in [0.1, 0.15) is 12.1 Å². The van der Waals surface area contributed by atoms with Gasteiger partial charge in [0.05, 0.1) is 11.0 Å². The highest BCUT2D eigenvalue weighted by Gasteiger charge is 2.33. The second kappa shape index (κ2) is 6.10. The third-order valence-corrected chi connectivity index (χ3v) is 3.49. The maximum atomic E-state index is 11.1. The molecule has 2 rings (SSSR count). The van der Waals surface area contributed by atoms with Crippen molar-refractivity contribution in [1.29, 1.82) is 5.26 Å². The van der Waals surface area contributed by atoms with Crippen molar-refractivity contribution >= 4 is 5.69 Å². The van der Waals surface area contributed by atoms with Gasteiger partial charge in [-0.25, -0.2) is 0 Å². The highest BCUT2D eigenvalue weighted by atomic mass is 16.6. The van der Waals surface area contributed by atoms with E-state index in [4.69, 9.17) is 4.74 Å². The monoisotopic (exact) mass is 289 g/mol. The van der Waals surface area contributed by atoms with Crippen molar-refractivity contribution in [3.63, 3.8) is 0 Å². The van der Waals surface area contributed by atoms with E-state index in [-0.39, 0.29) is 18.0 Å². The number of benzene rings is 1. The summed E-state index contributed by atoms with van der Waals surface area (Å²) in [6, 6.07) is 7.47. The van der Waals surface area contributed by atoms with Crippen LogP contribution in [0.3, 0.4) is 0 Å². The number of hydrogen-bond donors (Lipinski definition) is 1. The van der Waals surface area contributed by atoms with Crippen LogP contribution in [-0.4, -0.2) is 23.1 Å². The van der Waals surface area contributed by atoms with Gasteiger partial charge >= 0.3 is 5.69 Å². The fraction of sp³-hybridized carbons (Fsp3) is 0.533. The molecule has 1 aromatic carbocycles. The zero-order valence-corrected chi connectivity index (χ0v) is 12.3. The molecule has 6 heteroatoms. The Morgan fingerprint density at radius 1 is 1.57 bits per heavy atom. The number of hydrogen-bond acceptors (Lipinski definition) is 5. The van der Waals surface area contributed by atoms with E-state index in [1.165, 1.54) is 6.07 Å². The van der Waals surface area contributed by atoms with Gasteiger partial charge in [-0.3, -0.25) is 15.4 Å². The molecule has 0 radical (unpaired) electrons. The Morgan fingerprint density at radius 3 is 2.81 bits per heavy atom. The average molecular weight is 289 g/mol. The Morgan fingerprint density at radius 2 is 2.29 bits per heavy atom. The lowest BCUT2D eigenvalue weighted by molar-refractivity contribution is -0.386. The Bertz CT molecular complexity index is 578. The summed E-state index contributed by atoms with van der Waals surface area (Å²) >= 11 is 0. The molecule has 0 aromatic heterocycles. The van der Waals surface area contributed by atoms with Crippen LogP contribution in [0.4, 0.5) is 5.69 Å². The van der Waals surface area contributed by atoms with Gasteiger partial charge in [-0.2, -0.15) is 5.26 Å². The molecule has 1 fully saturated rings. The number of aryl methyl sites for hydroxylation is 1. The van der Waals surface area contributed by atoms with E-state index in [9.17, 15) is 15.4 Å². The lowest BCUT2D eigenvalue weighted by Gasteiger charge is -2.23. The fourth-order valence-corrected chi connectivity index (χ4v) is 2.05. The number of nitrogens with zero attached hydrogens (tertiary/aromatic N) is 2. The minimum absolute atomic E-state index is 0.0546. The Kier molecular flexibility index (Phi) is 4.43. The predicted octanol–water partition coefficient (Wildman–Crippen LogP) is 2.57. The minimum atomic E-state index is -0.835. The van der Waals surface area contributed by atoms with Crippen molar-refractivity contribution in [2.24, 2.45) is 0 Å². The van der Waals surface area contributed by atoms with E-state index in [0.29, 0.717) is 6.04 Å². The van der Waals surface area contributed by atoms with Crippen molar-refractivity contribution in [3.05, 3.63) is 33.9 Å². The van der Waals surface area contributed by atoms with Gasteiger partial charge in [-0.1, -0.05) is 13.0 Å². The number of nitro benzene ring substituents is 1. The zero-order chi connectivity index (χ0) is 15.5. The zero-order valence-electron chi connectivity index (χ0n) is 12.3. The Labute approximate surface area is 123 Å². The van der Waals surface area contributed by atoms with E-state index in [1.54, 1.807) is 19.1 Å². The normalized spacial score (nSPS) is 16.8. The van der Waals surface area contributed by atoms with Gasteiger partial charge < -0.3 is 4.74 Å². The van der Waals surface area contributed by atoms with Crippen molar-refractivity contribution < 1.29 is 9.66 Å². The third kappa shape index (κ3) is 3.92. The molecule has 1 aliphatic rings. The summed E-state index contributed by atoms with van der Waals surface area (Å²) in [6.45, 7) is 3.76. The molecule has 0 spiro atoms. The summed E-state index contributed by atoms with van der Waals surface area (Å²) in [6.07, 6.45) is 2.84. The van der Waals surface area contributed by atoms with Crippen LogP contribution in [0.1, 0.15) is 32.3 Å². The Balaban J connectivity index is 2.11. The van der Waals surface area contributed by atoms with Crippen molar-refractivity contribution in [1.82, 2.24) is 5.32 Å². The maximum absolute atomic E-state index is 11.1. The molecule has 0 aliphatic heterocycles. The summed E-state index contributed by atoms with van der Waals surface area (Å²) in [5, 5.41) is 23.6. The molecule has 1 atom stereocenters. The summed E-state index contributed by atoms with van der Waals surface area (Å²) < 4.78 is 5.56. The van der Waals surface area contributed by atoms with Crippen molar-refractivity contribution in [2.45, 2.75) is 44.7 Å². The van der Waals surface area contributed by atoms with Gasteiger partial charge in [0.15, 0.2) is 5.75 Å². The molecule has 1 aromatic rings. The number of nitriles is 1. The first-order valence-corrected chi connectivity index (χ1v) is 7.06. The maximum Gasteiger partial charge on any atom is 0.311 e. The standard InChI is InChI=1S/C15H19N3O3/c1-3-11-4-7-14(13(8-11)18(19)20)21-10-15(2,9-16)17-12-5-6-12/h4,7-8,12,17H,3,5-6,10H2,1-2H3. The number of rotatable bonds is 7. The van der Waals surface area contributed by atoms with Gasteiger partial charge in [-0.15, -0.1) is 0 Å². The topological polar surface area (TPSA) is 88.2 Å². The first-order chi connectivity index (χ1) is 9.97. The molecule has 21 heavy (non-hydrogen) atoms. The summed E-state index contributed by atoms with van der Waals surface area (Å²) in [5.41, 5.74) is -0.00684. The third-order valence-electron chi connectivity index (χ3n) is 3.49. The van der Waals surface area contributed by atoms with Crippen LogP contribution in [0.15, 0.2) is 18.2 Å². The lowest BCUT2D eigenvalue weighted by atomic mass is 10.1. The molecule has 112 valence electrons. The largest absolute Gasteiger partial charge is 0.484 e. The summed E-state index contributed by atoms with van der Waals surface area (Å²) in [4.78, 5) is 10.7. The van der Waals surface area contributed by atoms with Crippen LogP contribution >= 0.6 is 0 Å². The van der Waals surface area contributed by atoms with E-state index in [0.717, 1.165) is 24.8 Å². The highest BCUT2D eigenvalue weighted by Crippen LogP contribution is 2.29. The highest BCUT2D eigenvalue weighted by molar-refractivity contribution is 5.48. The average Bonchev–Trinajstić information content (AvgIpc) is 3.28. The number of nitro groups is 1. The van der Waals surface area contributed by atoms with Gasteiger partial charge in [0.2, 0.25) is 0 Å². The first kappa shape index (κ1) is 15.3. The number of nitrogens with one attached hydrogen (secondary N) is 1. The molecule has 0 saturated heterocycles. The van der Waals surface area contributed by atoms with Crippen LogP contribution in [0, 0.1) is 21.4 Å². The SMILES string of the molecule is CCc1ccc(OCC(C)(C#N)NC2CC2)c([N+](=O)[O-])c1. The van der Waals surface area contributed by atoms with Crippen LogP contribution < -0.4 is 10.1 Å². The van der Waals surface area contributed by atoms with Gasteiger partial charge in [0, 0.05) is 12.1 Å². The minimum Gasteiger partial charge on any atom is -0.484 e. The van der Waals surface area contributed by atoms with Crippen LogP contribution in [0.25, 0.3) is 0 Å². The summed E-state index contributed by atoms with van der Waals surface area (Å²) in [7, 11) is 0. The van der Waals surface area contributed by atoms with E-state index >= 15 is 0 Å².